The number of halogens is 9. The molecular weight excluding hydrogens is 386 g/mol. The van der Waals surface area contributed by atoms with Crippen LogP contribution in [0.3, 0.4) is 0 Å². The lowest BCUT2D eigenvalue weighted by atomic mass is 10.1. The third-order valence-corrected chi connectivity index (χ3v) is 3.20. The van der Waals surface area contributed by atoms with Gasteiger partial charge in [0, 0.05) is 5.02 Å². The number of carbonyl (C=O) groups is 1. The van der Waals surface area contributed by atoms with Crippen molar-refractivity contribution >= 4 is 23.2 Å². The van der Waals surface area contributed by atoms with Crippen LogP contribution in [0.25, 0.3) is 0 Å². The Morgan fingerprint density at radius 2 is 1.44 bits per heavy atom. The summed E-state index contributed by atoms with van der Waals surface area (Å²) >= 11 is 5.44. The maximum Gasteiger partial charge on any atom is 0.422 e. The van der Waals surface area contributed by atoms with Gasteiger partial charge >= 0.3 is 6.18 Å². The van der Waals surface area contributed by atoms with E-state index in [1.54, 1.807) is 0 Å². The number of nitrogens with one attached hydrogen (secondary N) is 1. The van der Waals surface area contributed by atoms with E-state index >= 15 is 0 Å². The van der Waals surface area contributed by atoms with Crippen LogP contribution < -0.4 is 5.32 Å². The second-order valence-corrected chi connectivity index (χ2v) is 5.02. The molecular formula is C14H4ClF8NO. The fraction of sp³-hybridized carbons (Fsp3) is 0.0714. The van der Waals surface area contributed by atoms with Crippen LogP contribution >= 0.6 is 11.6 Å². The molecule has 0 aliphatic rings. The summed E-state index contributed by atoms with van der Waals surface area (Å²) in [4.78, 5) is 11.8. The molecule has 2 nitrogen and oxygen atoms in total. The highest BCUT2D eigenvalue weighted by Crippen LogP contribution is 2.38. The maximum atomic E-state index is 13.7. The van der Waals surface area contributed by atoms with E-state index in [2.05, 4.69) is 0 Å². The second-order valence-electron chi connectivity index (χ2n) is 4.58. The number of hydrogen-bond acceptors (Lipinski definition) is 1. The summed E-state index contributed by atoms with van der Waals surface area (Å²) in [6, 6.07) is 2.48. The van der Waals surface area contributed by atoms with Crippen LogP contribution in [0.4, 0.5) is 40.8 Å². The highest BCUT2D eigenvalue weighted by molar-refractivity contribution is 6.30. The van der Waals surface area contributed by atoms with Crippen LogP contribution in [0.2, 0.25) is 5.02 Å². The molecule has 0 heterocycles. The van der Waals surface area contributed by atoms with Gasteiger partial charge in [0.25, 0.3) is 5.91 Å². The molecule has 2 aromatic carbocycles. The van der Waals surface area contributed by atoms with Crippen LogP contribution in [0, 0.1) is 29.1 Å². The third kappa shape index (κ3) is 3.53. The highest BCUT2D eigenvalue weighted by Gasteiger charge is 2.42. The van der Waals surface area contributed by atoms with Crippen molar-refractivity contribution in [2.45, 2.75) is 6.18 Å². The molecule has 0 saturated carbocycles. The first-order valence-electron chi connectivity index (χ1n) is 6.14. The first kappa shape index (κ1) is 19.0. The second kappa shape index (κ2) is 6.51. The van der Waals surface area contributed by atoms with E-state index < -0.39 is 58.0 Å². The minimum absolute atomic E-state index is 0.127. The minimum Gasteiger partial charge on any atom is -0.317 e. The standard InChI is InChI=1S/C14H4ClF8NO/c15-4-1-2-5(6(16)3-4)13(25)24-12-10(19)8(17)7(14(21,22)23)9(18)11(12)20/h1-3H,(H,24,25). The van der Waals surface area contributed by atoms with E-state index in [4.69, 9.17) is 11.6 Å². The molecule has 0 saturated heterocycles. The molecule has 0 unspecified atom stereocenters. The van der Waals surface area contributed by atoms with E-state index in [0.717, 1.165) is 12.1 Å². The monoisotopic (exact) mass is 389 g/mol. The molecule has 0 fully saturated rings. The normalized spacial score (nSPS) is 11.6. The van der Waals surface area contributed by atoms with Crippen molar-refractivity contribution < 1.29 is 39.9 Å². The summed E-state index contributed by atoms with van der Waals surface area (Å²) in [6.45, 7) is 0. The molecule has 0 spiro atoms. The molecule has 1 amide bonds. The quantitative estimate of drug-likeness (QED) is 0.547. The molecule has 0 aromatic heterocycles. The van der Waals surface area contributed by atoms with Crippen molar-refractivity contribution in [3.63, 3.8) is 0 Å². The Morgan fingerprint density at radius 1 is 0.920 bits per heavy atom. The minimum atomic E-state index is -5.72. The lowest BCUT2D eigenvalue weighted by Gasteiger charge is -2.14. The predicted molar refractivity (Wildman–Crippen MR) is 70.6 cm³/mol. The average Bonchev–Trinajstić information content (AvgIpc) is 2.48. The zero-order chi connectivity index (χ0) is 19.1. The van der Waals surface area contributed by atoms with Crippen molar-refractivity contribution in [1.82, 2.24) is 0 Å². The summed E-state index contributed by atoms with van der Waals surface area (Å²) in [5, 5.41) is 1.17. The van der Waals surface area contributed by atoms with E-state index in [1.807, 2.05) is 0 Å². The van der Waals surface area contributed by atoms with Crippen molar-refractivity contribution in [3.8, 4) is 0 Å². The Kier molecular flexibility index (Phi) is 4.94. The number of carbonyl (C=O) groups excluding carboxylic acids is 1. The largest absolute Gasteiger partial charge is 0.422 e. The molecule has 1 N–H and O–H groups in total. The molecule has 25 heavy (non-hydrogen) atoms. The zero-order valence-corrected chi connectivity index (χ0v) is 12.3. The topological polar surface area (TPSA) is 29.1 Å². The van der Waals surface area contributed by atoms with Gasteiger partial charge in [-0.2, -0.15) is 13.2 Å². The van der Waals surface area contributed by atoms with Crippen LogP contribution in [-0.2, 0) is 6.18 Å². The van der Waals surface area contributed by atoms with Gasteiger partial charge < -0.3 is 5.32 Å². The van der Waals surface area contributed by atoms with Gasteiger partial charge in [0.15, 0.2) is 23.3 Å². The average molecular weight is 390 g/mol. The number of hydrogen-bond donors (Lipinski definition) is 1. The van der Waals surface area contributed by atoms with E-state index in [0.29, 0.717) is 6.07 Å². The SMILES string of the molecule is O=C(Nc1c(F)c(F)c(C(F)(F)F)c(F)c1F)c1ccc(Cl)cc1F. The molecule has 134 valence electrons. The summed E-state index contributed by atoms with van der Waals surface area (Å²) in [5.41, 5.74) is -5.44. The van der Waals surface area contributed by atoms with Gasteiger partial charge in [-0.3, -0.25) is 4.79 Å². The van der Waals surface area contributed by atoms with Gasteiger partial charge in [-0.1, -0.05) is 11.6 Å². The van der Waals surface area contributed by atoms with Crippen LogP contribution in [-0.4, -0.2) is 5.91 Å². The number of anilines is 1. The summed E-state index contributed by atoms with van der Waals surface area (Å²) in [7, 11) is 0. The number of benzene rings is 2. The third-order valence-electron chi connectivity index (χ3n) is 2.96. The van der Waals surface area contributed by atoms with E-state index in [9.17, 15) is 39.9 Å². The number of amides is 1. The first-order chi connectivity index (χ1) is 11.4. The Labute approximate surface area is 139 Å². The number of rotatable bonds is 2. The Hall–Kier alpha value is -2.36. The van der Waals surface area contributed by atoms with Crippen molar-refractivity contribution in [1.29, 1.82) is 0 Å². The highest BCUT2D eigenvalue weighted by atomic mass is 35.5. The molecule has 0 bridgehead atoms. The molecule has 11 heteroatoms. The lowest BCUT2D eigenvalue weighted by molar-refractivity contribution is -0.143. The summed E-state index contributed by atoms with van der Waals surface area (Å²) < 4.78 is 105. The predicted octanol–water partition coefficient (Wildman–Crippen LogP) is 5.31. The van der Waals surface area contributed by atoms with Gasteiger partial charge in [0.2, 0.25) is 0 Å². The van der Waals surface area contributed by atoms with Crippen molar-refractivity contribution in [2.24, 2.45) is 0 Å². The molecule has 0 radical (unpaired) electrons. The fourth-order valence-electron chi connectivity index (χ4n) is 1.84. The Morgan fingerprint density at radius 3 is 1.88 bits per heavy atom. The molecule has 2 aromatic rings. The molecule has 0 aliphatic carbocycles. The van der Waals surface area contributed by atoms with Crippen LogP contribution in [0.1, 0.15) is 15.9 Å². The van der Waals surface area contributed by atoms with Gasteiger partial charge in [-0.25, -0.2) is 22.0 Å². The Balaban J connectivity index is 2.52. The summed E-state index contributed by atoms with van der Waals surface area (Å²) in [5.74, 6) is -13.3. The van der Waals surface area contributed by atoms with Crippen molar-refractivity contribution in [2.75, 3.05) is 5.32 Å². The molecule has 0 atom stereocenters. The van der Waals surface area contributed by atoms with Gasteiger partial charge in [-0.05, 0) is 18.2 Å². The van der Waals surface area contributed by atoms with Gasteiger partial charge in [0.05, 0.1) is 5.56 Å². The maximum absolute atomic E-state index is 13.7. The molecule has 2 rings (SSSR count). The first-order valence-corrected chi connectivity index (χ1v) is 6.52. The van der Waals surface area contributed by atoms with Crippen LogP contribution in [0.15, 0.2) is 18.2 Å². The molecule has 0 aliphatic heterocycles. The van der Waals surface area contributed by atoms with E-state index in [-0.39, 0.29) is 5.02 Å². The smallest absolute Gasteiger partial charge is 0.317 e. The fourth-order valence-corrected chi connectivity index (χ4v) is 2.00. The number of alkyl halides is 3. The zero-order valence-electron chi connectivity index (χ0n) is 11.5. The van der Waals surface area contributed by atoms with Crippen molar-refractivity contribution in [3.05, 3.63) is 63.4 Å². The Bertz CT molecular complexity index is 836. The summed E-state index contributed by atoms with van der Waals surface area (Å²) in [6.07, 6.45) is -5.72. The lowest BCUT2D eigenvalue weighted by Crippen LogP contribution is -2.21. The van der Waals surface area contributed by atoms with E-state index in [1.165, 1.54) is 5.32 Å². The van der Waals surface area contributed by atoms with Gasteiger partial charge in [-0.15, -0.1) is 0 Å². The van der Waals surface area contributed by atoms with Gasteiger partial charge in [0.1, 0.15) is 17.1 Å². The van der Waals surface area contributed by atoms with Crippen LogP contribution in [0.5, 0.6) is 0 Å².